The van der Waals surface area contributed by atoms with Crippen molar-refractivity contribution in [1.29, 1.82) is 0 Å². The lowest BCUT2D eigenvalue weighted by Gasteiger charge is -2.20. The molecule has 1 aromatic carbocycles. The Morgan fingerprint density at radius 1 is 1.33 bits per heavy atom. The summed E-state index contributed by atoms with van der Waals surface area (Å²) in [6.45, 7) is 2.59. The lowest BCUT2D eigenvalue weighted by Crippen LogP contribution is -2.41. The fourth-order valence-electron chi connectivity index (χ4n) is 1.71. The molecule has 21 heavy (non-hydrogen) atoms. The first-order valence-corrected chi connectivity index (χ1v) is 6.47. The summed E-state index contributed by atoms with van der Waals surface area (Å²) < 4.78 is 5.08. The maximum Gasteiger partial charge on any atom is 0.243 e. The van der Waals surface area contributed by atoms with Crippen molar-refractivity contribution < 1.29 is 14.3 Å². The molecule has 0 saturated carbocycles. The first-order valence-electron chi connectivity index (χ1n) is 6.47. The lowest BCUT2D eigenvalue weighted by atomic mass is 10.3. The zero-order valence-electron chi connectivity index (χ0n) is 12.5. The average molecular weight is 316 g/mol. The Balaban J connectivity index is 0.00000400. The second-order valence-corrected chi connectivity index (χ2v) is 4.22. The predicted molar refractivity (Wildman–Crippen MR) is 85.1 cm³/mol. The highest BCUT2D eigenvalue weighted by Crippen LogP contribution is 2.16. The quantitative estimate of drug-likeness (QED) is 0.791. The molecule has 0 unspecified atom stereocenters. The molecule has 1 rings (SSSR count). The number of halogens is 1. The van der Waals surface area contributed by atoms with E-state index in [9.17, 15) is 9.59 Å². The van der Waals surface area contributed by atoms with Crippen LogP contribution in [0.3, 0.4) is 0 Å². The number of likely N-dealkylation sites (N-methyl/N-ethyl adjacent to an activating group) is 2. The monoisotopic (exact) mass is 315 g/mol. The lowest BCUT2D eigenvalue weighted by molar-refractivity contribution is -0.133. The minimum absolute atomic E-state index is 0. The summed E-state index contributed by atoms with van der Waals surface area (Å²) in [5, 5.41) is 5.53. The number of nitrogens with one attached hydrogen (secondary N) is 2. The SMILES string of the molecule is CCN(CC(=O)Nc1cccc(OC)c1)C(=O)CNC.Cl. The van der Waals surface area contributed by atoms with E-state index in [-0.39, 0.29) is 37.3 Å². The molecule has 1 aromatic rings. The molecule has 0 radical (unpaired) electrons. The van der Waals surface area contributed by atoms with Crippen molar-refractivity contribution in [2.75, 3.05) is 39.1 Å². The molecule has 118 valence electrons. The zero-order valence-corrected chi connectivity index (χ0v) is 13.3. The van der Waals surface area contributed by atoms with Crippen LogP contribution in [0.2, 0.25) is 0 Å². The molecule has 0 spiro atoms. The van der Waals surface area contributed by atoms with Gasteiger partial charge < -0.3 is 20.3 Å². The van der Waals surface area contributed by atoms with E-state index in [4.69, 9.17) is 4.74 Å². The largest absolute Gasteiger partial charge is 0.497 e. The fraction of sp³-hybridized carbons (Fsp3) is 0.429. The van der Waals surface area contributed by atoms with E-state index < -0.39 is 0 Å². The number of rotatable bonds is 7. The molecule has 6 nitrogen and oxygen atoms in total. The Labute approximate surface area is 131 Å². The van der Waals surface area contributed by atoms with Gasteiger partial charge >= 0.3 is 0 Å². The molecule has 7 heteroatoms. The highest BCUT2D eigenvalue weighted by Gasteiger charge is 2.14. The second-order valence-electron chi connectivity index (χ2n) is 4.22. The number of benzene rings is 1. The molecule has 2 amide bonds. The molecule has 0 fully saturated rings. The second kappa shape index (κ2) is 10.0. The van der Waals surface area contributed by atoms with Crippen LogP contribution < -0.4 is 15.4 Å². The fourth-order valence-corrected chi connectivity index (χ4v) is 1.71. The molecular formula is C14H22ClN3O3. The van der Waals surface area contributed by atoms with Crippen molar-refractivity contribution in [1.82, 2.24) is 10.2 Å². The molecule has 0 heterocycles. The van der Waals surface area contributed by atoms with E-state index >= 15 is 0 Å². The van der Waals surface area contributed by atoms with Gasteiger partial charge in [0.05, 0.1) is 20.2 Å². The van der Waals surface area contributed by atoms with E-state index in [0.717, 1.165) is 0 Å². The van der Waals surface area contributed by atoms with Crippen LogP contribution in [0.5, 0.6) is 5.75 Å². The van der Waals surface area contributed by atoms with Gasteiger partial charge in [-0.25, -0.2) is 0 Å². The Morgan fingerprint density at radius 3 is 2.62 bits per heavy atom. The van der Waals surface area contributed by atoms with Crippen molar-refractivity contribution in [3.05, 3.63) is 24.3 Å². The predicted octanol–water partition coefficient (Wildman–Crippen LogP) is 1.12. The highest BCUT2D eigenvalue weighted by molar-refractivity contribution is 5.94. The number of hydrogen-bond donors (Lipinski definition) is 2. The first-order chi connectivity index (χ1) is 9.60. The Morgan fingerprint density at radius 2 is 2.05 bits per heavy atom. The third-order valence-electron chi connectivity index (χ3n) is 2.75. The minimum Gasteiger partial charge on any atom is -0.497 e. The third kappa shape index (κ3) is 6.46. The van der Waals surface area contributed by atoms with Gasteiger partial charge in [-0.05, 0) is 26.1 Å². The van der Waals surface area contributed by atoms with Crippen LogP contribution in [0.4, 0.5) is 5.69 Å². The topological polar surface area (TPSA) is 70.7 Å². The Bertz CT molecular complexity index is 469. The number of ether oxygens (including phenoxy) is 1. The number of methoxy groups -OCH3 is 1. The van der Waals surface area contributed by atoms with Crippen molar-refractivity contribution in [2.24, 2.45) is 0 Å². The highest BCUT2D eigenvalue weighted by atomic mass is 35.5. The Hall–Kier alpha value is -1.79. The van der Waals surface area contributed by atoms with Crippen molar-refractivity contribution in [2.45, 2.75) is 6.92 Å². The first kappa shape index (κ1) is 19.2. The van der Waals surface area contributed by atoms with Gasteiger partial charge in [-0.2, -0.15) is 0 Å². The minimum atomic E-state index is -0.232. The molecule has 0 aliphatic carbocycles. The number of amides is 2. The normalized spacial score (nSPS) is 9.48. The summed E-state index contributed by atoms with van der Waals surface area (Å²) >= 11 is 0. The standard InChI is InChI=1S/C14H21N3O3.ClH/c1-4-17(14(19)9-15-2)10-13(18)16-11-6-5-7-12(8-11)20-3;/h5-8,15H,4,9-10H2,1-3H3,(H,16,18);1H. The maximum atomic E-state index is 11.9. The molecule has 0 aliphatic heterocycles. The summed E-state index contributed by atoms with van der Waals surface area (Å²) in [6.07, 6.45) is 0. The Kier molecular flexibility index (Phi) is 9.16. The van der Waals surface area contributed by atoms with Crippen molar-refractivity contribution >= 4 is 29.9 Å². The van der Waals surface area contributed by atoms with Crippen LogP contribution in [0.25, 0.3) is 0 Å². The average Bonchev–Trinajstić information content (AvgIpc) is 2.45. The summed E-state index contributed by atoms with van der Waals surface area (Å²) in [6, 6.07) is 7.08. The van der Waals surface area contributed by atoms with Gasteiger partial charge in [-0.15, -0.1) is 12.4 Å². The molecular weight excluding hydrogens is 294 g/mol. The molecule has 0 atom stereocenters. The number of hydrogen-bond acceptors (Lipinski definition) is 4. The smallest absolute Gasteiger partial charge is 0.243 e. The molecule has 0 aromatic heterocycles. The van der Waals surface area contributed by atoms with Gasteiger partial charge in [-0.3, -0.25) is 9.59 Å². The van der Waals surface area contributed by atoms with Gasteiger partial charge in [0.1, 0.15) is 5.75 Å². The summed E-state index contributed by atoms with van der Waals surface area (Å²) in [5.41, 5.74) is 0.645. The summed E-state index contributed by atoms with van der Waals surface area (Å²) in [5.74, 6) is 0.335. The van der Waals surface area contributed by atoms with Gasteiger partial charge in [0.15, 0.2) is 0 Å². The van der Waals surface area contributed by atoms with Crippen molar-refractivity contribution in [3.8, 4) is 5.75 Å². The van der Waals surface area contributed by atoms with E-state index in [1.165, 1.54) is 4.90 Å². The van der Waals surface area contributed by atoms with Crippen LogP contribution in [0, 0.1) is 0 Å². The number of nitrogens with zero attached hydrogens (tertiary/aromatic N) is 1. The van der Waals surface area contributed by atoms with Crippen LogP contribution in [-0.2, 0) is 9.59 Å². The summed E-state index contributed by atoms with van der Waals surface area (Å²) in [4.78, 5) is 25.1. The van der Waals surface area contributed by atoms with Gasteiger partial charge in [0.25, 0.3) is 0 Å². The van der Waals surface area contributed by atoms with Crippen LogP contribution in [0.15, 0.2) is 24.3 Å². The number of carbonyl (C=O) groups excluding carboxylic acids is 2. The molecule has 0 saturated heterocycles. The third-order valence-corrected chi connectivity index (χ3v) is 2.75. The van der Waals surface area contributed by atoms with Gasteiger partial charge in [-0.1, -0.05) is 6.07 Å². The molecule has 0 bridgehead atoms. The number of carbonyl (C=O) groups is 2. The number of anilines is 1. The van der Waals surface area contributed by atoms with Crippen LogP contribution in [-0.4, -0.2) is 50.5 Å². The van der Waals surface area contributed by atoms with E-state index in [2.05, 4.69) is 10.6 Å². The summed E-state index contributed by atoms with van der Waals surface area (Å²) in [7, 11) is 3.26. The van der Waals surface area contributed by atoms with E-state index in [0.29, 0.717) is 18.0 Å². The van der Waals surface area contributed by atoms with E-state index in [1.54, 1.807) is 38.4 Å². The maximum absolute atomic E-state index is 11.9. The van der Waals surface area contributed by atoms with Crippen molar-refractivity contribution in [3.63, 3.8) is 0 Å². The zero-order chi connectivity index (χ0) is 15.0. The molecule has 0 aliphatic rings. The van der Waals surface area contributed by atoms with Gasteiger partial charge in [0.2, 0.25) is 11.8 Å². The van der Waals surface area contributed by atoms with Crippen LogP contribution >= 0.6 is 12.4 Å². The van der Waals surface area contributed by atoms with Gasteiger partial charge in [0, 0.05) is 18.3 Å². The van der Waals surface area contributed by atoms with E-state index in [1.807, 2.05) is 6.92 Å². The molecule has 2 N–H and O–H groups in total. The van der Waals surface area contributed by atoms with Crippen LogP contribution in [0.1, 0.15) is 6.92 Å².